The molecule has 3 N–H and O–H groups in total. The summed E-state index contributed by atoms with van der Waals surface area (Å²) in [5, 5.41) is 2.64. The molecule has 0 aliphatic carbocycles. The Bertz CT molecular complexity index is 424. The van der Waals surface area contributed by atoms with Crippen LogP contribution in [0.2, 0.25) is 0 Å². The molecule has 1 aromatic rings. The van der Waals surface area contributed by atoms with Crippen molar-refractivity contribution >= 4 is 17.3 Å². The van der Waals surface area contributed by atoms with Crippen molar-refractivity contribution in [2.45, 2.75) is 13.3 Å². The second-order valence-corrected chi connectivity index (χ2v) is 3.90. The van der Waals surface area contributed by atoms with Gasteiger partial charge in [0.1, 0.15) is 0 Å². The third kappa shape index (κ3) is 3.58. The third-order valence-corrected chi connectivity index (χ3v) is 2.45. The SMILES string of the molecule is CCNC(=O)c1ccc(N(C)CC(F)F)c(N)c1. The fourth-order valence-electron chi connectivity index (χ4n) is 1.61. The number of carbonyl (C=O) groups excluding carboxylic acids is 1. The van der Waals surface area contributed by atoms with Crippen molar-refractivity contribution in [2.75, 3.05) is 30.8 Å². The number of hydrogen-bond donors (Lipinski definition) is 2. The maximum absolute atomic E-state index is 12.3. The minimum absolute atomic E-state index is 0.229. The number of hydrogen-bond acceptors (Lipinski definition) is 3. The second kappa shape index (κ2) is 6.18. The predicted molar refractivity (Wildman–Crippen MR) is 68.1 cm³/mol. The van der Waals surface area contributed by atoms with Gasteiger partial charge < -0.3 is 16.0 Å². The van der Waals surface area contributed by atoms with Gasteiger partial charge in [0, 0.05) is 19.2 Å². The summed E-state index contributed by atoms with van der Waals surface area (Å²) in [5.74, 6) is -0.229. The monoisotopic (exact) mass is 257 g/mol. The number of rotatable bonds is 5. The lowest BCUT2D eigenvalue weighted by Gasteiger charge is -2.20. The van der Waals surface area contributed by atoms with Crippen molar-refractivity contribution in [3.63, 3.8) is 0 Å². The van der Waals surface area contributed by atoms with Crippen LogP contribution in [0.5, 0.6) is 0 Å². The largest absolute Gasteiger partial charge is 0.397 e. The summed E-state index contributed by atoms with van der Waals surface area (Å²) in [5.41, 5.74) is 6.98. The zero-order valence-electron chi connectivity index (χ0n) is 10.4. The van der Waals surface area contributed by atoms with E-state index in [1.165, 1.54) is 18.0 Å². The number of nitrogens with zero attached hydrogens (tertiary/aromatic N) is 1. The Balaban J connectivity index is 2.88. The Hall–Kier alpha value is -1.85. The molecule has 1 rings (SSSR count). The molecule has 0 aliphatic heterocycles. The van der Waals surface area contributed by atoms with E-state index in [2.05, 4.69) is 5.32 Å². The molecule has 0 spiro atoms. The molecule has 0 saturated carbocycles. The first-order valence-corrected chi connectivity index (χ1v) is 5.62. The lowest BCUT2D eigenvalue weighted by molar-refractivity contribution is 0.0956. The van der Waals surface area contributed by atoms with Crippen molar-refractivity contribution in [1.82, 2.24) is 5.32 Å². The van der Waals surface area contributed by atoms with E-state index < -0.39 is 13.0 Å². The van der Waals surface area contributed by atoms with Gasteiger partial charge in [-0.1, -0.05) is 0 Å². The Morgan fingerprint density at radius 3 is 2.67 bits per heavy atom. The number of halogens is 2. The zero-order chi connectivity index (χ0) is 13.7. The fraction of sp³-hybridized carbons (Fsp3) is 0.417. The van der Waals surface area contributed by atoms with Crippen molar-refractivity contribution in [2.24, 2.45) is 0 Å². The predicted octanol–water partition coefficient (Wildman–Crippen LogP) is 1.72. The fourth-order valence-corrected chi connectivity index (χ4v) is 1.61. The highest BCUT2D eigenvalue weighted by molar-refractivity contribution is 5.96. The van der Waals surface area contributed by atoms with Gasteiger partial charge in [0.15, 0.2) is 0 Å². The first-order chi connectivity index (χ1) is 8.45. The van der Waals surface area contributed by atoms with Gasteiger partial charge in [0.25, 0.3) is 12.3 Å². The average Bonchev–Trinajstić information content (AvgIpc) is 2.28. The topological polar surface area (TPSA) is 58.4 Å². The van der Waals surface area contributed by atoms with Crippen molar-refractivity contribution in [3.05, 3.63) is 23.8 Å². The number of carbonyl (C=O) groups is 1. The van der Waals surface area contributed by atoms with Crippen LogP contribution in [0.4, 0.5) is 20.2 Å². The summed E-state index contributed by atoms with van der Waals surface area (Å²) >= 11 is 0. The molecular formula is C12H17F2N3O. The summed E-state index contributed by atoms with van der Waals surface area (Å²) in [6.07, 6.45) is -2.43. The molecular weight excluding hydrogens is 240 g/mol. The molecule has 1 aromatic carbocycles. The Labute approximate surface area is 105 Å². The van der Waals surface area contributed by atoms with E-state index in [-0.39, 0.29) is 5.91 Å². The summed E-state index contributed by atoms with van der Waals surface area (Å²) in [6, 6.07) is 4.63. The third-order valence-electron chi connectivity index (χ3n) is 2.45. The molecule has 18 heavy (non-hydrogen) atoms. The molecule has 0 radical (unpaired) electrons. The molecule has 0 bridgehead atoms. The van der Waals surface area contributed by atoms with Gasteiger partial charge in [-0.3, -0.25) is 4.79 Å². The highest BCUT2D eigenvalue weighted by atomic mass is 19.3. The van der Waals surface area contributed by atoms with Crippen LogP contribution in [0.25, 0.3) is 0 Å². The summed E-state index contributed by atoms with van der Waals surface area (Å²) in [4.78, 5) is 12.9. The van der Waals surface area contributed by atoms with Gasteiger partial charge in [-0.05, 0) is 25.1 Å². The number of anilines is 2. The Morgan fingerprint density at radius 1 is 1.50 bits per heavy atom. The van der Waals surface area contributed by atoms with E-state index in [4.69, 9.17) is 5.73 Å². The van der Waals surface area contributed by atoms with Gasteiger partial charge in [0.05, 0.1) is 17.9 Å². The van der Waals surface area contributed by atoms with Crippen molar-refractivity contribution in [1.29, 1.82) is 0 Å². The molecule has 6 heteroatoms. The smallest absolute Gasteiger partial charge is 0.255 e. The number of nitrogen functional groups attached to an aromatic ring is 1. The van der Waals surface area contributed by atoms with Crippen LogP contribution in [-0.2, 0) is 0 Å². The molecule has 0 unspecified atom stereocenters. The summed E-state index contributed by atoms with van der Waals surface area (Å²) < 4.78 is 24.5. The van der Waals surface area contributed by atoms with E-state index in [1.54, 1.807) is 12.1 Å². The molecule has 0 aliphatic rings. The maximum atomic E-state index is 12.3. The van der Waals surface area contributed by atoms with Crippen LogP contribution in [0.15, 0.2) is 18.2 Å². The highest BCUT2D eigenvalue weighted by Gasteiger charge is 2.13. The quantitative estimate of drug-likeness (QED) is 0.790. The molecule has 0 aromatic heterocycles. The standard InChI is InChI=1S/C12H17F2N3O/c1-3-16-12(18)8-4-5-10(9(15)6-8)17(2)7-11(13)14/h4-6,11H,3,7,15H2,1-2H3,(H,16,18). The van der Waals surface area contributed by atoms with Crippen molar-refractivity contribution < 1.29 is 13.6 Å². The number of amides is 1. The Morgan fingerprint density at radius 2 is 2.17 bits per heavy atom. The highest BCUT2D eigenvalue weighted by Crippen LogP contribution is 2.23. The van der Waals surface area contributed by atoms with Crippen LogP contribution in [-0.4, -0.2) is 32.5 Å². The van der Waals surface area contributed by atoms with Gasteiger partial charge in [-0.25, -0.2) is 8.78 Å². The minimum Gasteiger partial charge on any atom is -0.397 e. The molecule has 100 valence electrons. The van der Waals surface area contributed by atoms with Gasteiger partial charge in [-0.2, -0.15) is 0 Å². The number of benzene rings is 1. The first kappa shape index (κ1) is 14.2. The van der Waals surface area contributed by atoms with E-state index in [1.807, 2.05) is 6.92 Å². The molecule has 4 nitrogen and oxygen atoms in total. The minimum atomic E-state index is -2.43. The zero-order valence-corrected chi connectivity index (χ0v) is 10.4. The average molecular weight is 257 g/mol. The lowest BCUT2D eigenvalue weighted by atomic mass is 10.1. The second-order valence-electron chi connectivity index (χ2n) is 3.90. The normalized spacial score (nSPS) is 10.5. The Kier molecular flexibility index (Phi) is 4.88. The van der Waals surface area contributed by atoms with E-state index in [0.29, 0.717) is 23.5 Å². The van der Waals surface area contributed by atoms with E-state index >= 15 is 0 Å². The summed E-state index contributed by atoms with van der Waals surface area (Å²) in [6.45, 7) is 1.93. The van der Waals surface area contributed by atoms with Crippen LogP contribution in [0.3, 0.4) is 0 Å². The molecule has 0 heterocycles. The molecule has 0 saturated heterocycles. The van der Waals surface area contributed by atoms with Gasteiger partial charge >= 0.3 is 0 Å². The number of nitrogens with one attached hydrogen (secondary N) is 1. The van der Waals surface area contributed by atoms with Crippen LogP contribution >= 0.6 is 0 Å². The van der Waals surface area contributed by atoms with E-state index in [9.17, 15) is 13.6 Å². The summed E-state index contributed by atoms with van der Waals surface area (Å²) in [7, 11) is 1.53. The van der Waals surface area contributed by atoms with Crippen molar-refractivity contribution in [3.8, 4) is 0 Å². The van der Waals surface area contributed by atoms with Crippen LogP contribution in [0.1, 0.15) is 17.3 Å². The van der Waals surface area contributed by atoms with Gasteiger partial charge in [0.2, 0.25) is 0 Å². The molecule has 0 atom stereocenters. The van der Waals surface area contributed by atoms with Crippen LogP contribution in [0, 0.1) is 0 Å². The molecule has 1 amide bonds. The lowest BCUT2D eigenvalue weighted by Crippen LogP contribution is -2.26. The van der Waals surface area contributed by atoms with E-state index in [0.717, 1.165) is 0 Å². The van der Waals surface area contributed by atoms with Gasteiger partial charge in [-0.15, -0.1) is 0 Å². The van der Waals surface area contributed by atoms with Crippen LogP contribution < -0.4 is 16.0 Å². The first-order valence-electron chi connectivity index (χ1n) is 5.62. The number of nitrogens with two attached hydrogens (primary N) is 1. The maximum Gasteiger partial charge on any atom is 0.255 e. The molecule has 0 fully saturated rings. The number of alkyl halides is 2.